The predicted molar refractivity (Wildman–Crippen MR) is 69.4 cm³/mol. The van der Waals surface area contributed by atoms with Crippen molar-refractivity contribution in [3.63, 3.8) is 0 Å². The highest BCUT2D eigenvalue weighted by Gasteiger charge is 2.07. The Labute approximate surface area is 96.6 Å². The molecule has 0 saturated carbocycles. The van der Waals surface area contributed by atoms with Gasteiger partial charge in [0.25, 0.3) is 0 Å². The van der Waals surface area contributed by atoms with E-state index in [9.17, 15) is 0 Å². The van der Waals surface area contributed by atoms with Crippen molar-refractivity contribution >= 4 is 12.7 Å². The highest BCUT2D eigenvalue weighted by molar-refractivity contribution is 6.54. The zero-order chi connectivity index (χ0) is 10.8. The largest absolute Gasteiger partial charge is 0.163 e. The van der Waals surface area contributed by atoms with Crippen molar-refractivity contribution in [3.05, 3.63) is 65.2 Å². The van der Waals surface area contributed by atoms with E-state index in [2.05, 4.69) is 60.4 Å². The van der Waals surface area contributed by atoms with E-state index in [0.29, 0.717) is 0 Å². The first-order valence-electron chi connectivity index (χ1n) is 5.61. The Balaban J connectivity index is 2.16. The van der Waals surface area contributed by atoms with Crippen LogP contribution in [0.4, 0.5) is 0 Å². The number of fused-ring (bicyclic) bond motifs is 2. The summed E-state index contributed by atoms with van der Waals surface area (Å²) in [6, 6.07) is 16.9. The first-order chi connectivity index (χ1) is 7.93. The van der Waals surface area contributed by atoms with Gasteiger partial charge in [-0.15, -0.1) is 0 Å². The van der Waals surface area contributed by atoms with Crippen LogP contribution in [0, 0.1) is 11.8 Å². The van der Waals surface area contributed by atoms with E-state index in [1.54, 1.807) is 0 Å². The molecule has 1 heterocycles. The van der Waals surface area contributed by atoms with Crippen LogP contribution in [-0.4, -0.2) is 7.28 Å². The molecule has 0 bridgehead atoms. The summed E-state index contributed by atoms with van der Waals surface area (Å²) in [6.07, 6.45) is 1.09. The van der Waals surface area contributed by atoms with Gasteiger partial charge in [0, 0.05) is 11.1 Å². The second-order valence-corrected chi connectivity index (χ2v) is 4.06. The van der Waals surface area contributed by atoms with Crippen molar-refractivity contribution in [3.8, 4) is 11.8 Å². The molecule has 0 amide bonds. The zero-order valence-corrected chi connectivity index (χ0v) is 9.03. The van der Waals surface area contributed by atoms with Gasteiger partial charge in [-0.05, 0) is 24.0 Å². The van der Waals surface area contributed by atoms with Gasteiger partial charge in [-0.1, -0.05) is 53.7 Å². The number of hydrogen-bond acceptors (Lipinski definition) is 0. The van der Waals surface area contributed by atoms with Crippen molar-refractivity contribution in [1.29, 1.82) is 0 Å². The van der Waals surface area contributed by atoms with Crippen LogP contribution in [0.15, 0.2) is 48.5 Å². The highest BCUT2D eigenvalue weighted by Crippen LogP contribution is 2.10. The van der Waals surface area contributed by atoms with Crippen molar-refractivity contribution in [2.45, 2.75) is 6.32 Å². The fourth-order valence-electron chi connectivity index (χ4n) is 2.12. The second kappa shape index (κ2) is 3.91. The molecule has 0 atom stereocenters. The molecule has 0 aromatic heterocycles. The third-order valence-corrected chi connectivity index (χ3v) is 3.03. The van der Waals surface area contributed by atoms with Crippen molar-refractivity contribution < 1.29 is 0 Å². The lowest BCUT2D eigenvalue weighted by Crippen LogP contribution is -2.21. The summed E-state index contributed by atoms with van der Waals surface area (Å²) in [5.41, 5.74) is 5.09. The molecule has 2 aromatic carbocycles. The van der Waals surface area contributed by atoms with Crippen LogP contribution in [0.1, 0.15) is 16.7 Å². The molecule has 2 aromatic rings. The maximum absolute atomic E-state index is 3.27. The third kappa shape index (κ3) is 1.63. The molecule has 0 spiro atoms. The van der Waals surface area contributed by atoms with Crippen molar-refractivity contribution in [1.82, 2.24) is 0 Å². The predicted octanol–water partition coefficient (Wildman–Crippen LogP) is 1.66. The molecule has 0 aliphatic carbocycles. The molecular formula is C15H11B. The second-order valence-electron chi connectivity index (χ2n) is 4.06. The fourth-order valence-corrected chi connectivity index (χ4v) is 2.12. The Morgan fingerprint density at radius 2 is 1.50 bits per heavy atom. The van der Waals surface area contributed by atoms with E-state index in [1.165, 1.54) is 22.2 Å². The normalized spacial score (nSPS) is 12.0. The molecule has 0 nitrogen and oxygen atoms in total. The number of benzene rings is 2. The molecule has 0 fully saturated rings. The maximum atomic E-state index is 3.27. The minimum Gasteiger partial charge on any atom is -0.0688 e. The summed E-state index contributed by atoms with van der Waals surface area (Å²) in [5.74, 6) is 6.54. The first kappa shape index (κ1) is 9.30. The molecule has 0 unspecified atom stereocenters. The Morgan fingerprint density at radius 3 is 2.44 bits per heavy atom. The highest BCUT2D eigenvalue weighted by atomic mass is 14.0. The minimum absolute atomic E-state index is 1.09. The van der Waals surface area contributed by atoms with Crippen molar-refractivity contribution in [2.75, 3.05) is 0 Å². The summed E-state index contributed by atoms with van der Waals surface area (Å²) >= 11 is 0. The van der Waals surface area contributed by atoms with E-state index in [1.807, 2.05) is 0 Å². The Morgan fingerprint density at radius 1 is 0.812 bits per heavy atom. The average Bonchev–Trinajstić information content (AvgIpc) is 2.32. The number of hydrogen-bond donors (Lipinski definition) is 0. The molecule has 1 aliphatic rings. The van der Waals surface area contributed by atoms with E-state index in [-0.39, 0.29) is 0 Å². The molecule has 1 heteroatoms. The van der Waals surface area contributed by atoms with Gasteiger partial charge in [-0.3, -0.25) is 0 Å². The molecule has 74 valence electrons. The van der Waals surface area contributed by atoms with E-state index >= 15 is 0 Å². The maximum Gasteiger partial charge on any atom is 0.163 e. The SMILES string of the molecule is B1Cc2ccccc2C#Cc2ccccc21. The van der Waals surface area contributed by atoms with E-state index < -0.39 is 0 Å². The molecule has 3 rings (SSSR count). The van der Waals surface area contributed by atoms with Crippen LogP contribution in [0.5, 0.6) is 0 Å². The molecule has 0 saturated heterocycles. The van der Waals surface area contributed by atoms with Crippen LogP contribution >= 0.6 is 0 Å². The standard InChI is InChI=1S/C15H11B/c1-2-7-14-11-16-15-8-4-3-6-13(15)10-9-12(14)5-1/h1-8,16H,11H2. The van der Waals surface area contributed by atoms with Gasteiger partial charge in [0.15, 0.2) is 7.28 Å². The van der Waals surface area contributed by atoms with Gasteiger partial charge in [-0.25, -0.2) is 0 Å². The summed E-state index contributed by atoms with van der Waals surface area (Å²) in [5, 5.41) is 0. The zero-order valence-electron chi connectivity index (χ0n) is 9.03. The minimum atomic E-state index is 1.09. The van der Waals surface area contributed by atoms with Gasteiger partial charge in [0.2, 0.25) is 0 Å². The van der Waals surface area contributed by atoms with E-state index in [0.717, 1.165) is 13.6 Å². The lowest BCUT2D eigenvalue weighted by molar-refractivity contribution is 1.36. The van der Waals surface area contributed by atoms with E-state index in [4.69, 9.17) is 0 Å². The number of rotatable bonds is 0. The van der Waals surface area contributed by atoms with Crippen LogP contribution in [0.2, 0.25) is 0 Å². The quantitative estimate of drug-likeness (QED) is 0.450. The van der Waals surface area contributed by atoms with Crippen LogP contribution in [0.3, 0.4) is 0 Å². The smallest absolute Gasteiger partial charge is 0.0688 e. The van der Waals surface area contributed by atoms with Gasteiger partial charge in [0.05, 0.1) is 0 Å². The molecule has 0 N–H and O–H groups in total. The van der Waals surface area contributed by atoms with Gasteiger partial charge >= 0.3 is 0 Å². The summed E-state index contributed by atoms with van der Waals surface area (Å²) in [7, 11) is 1.09. The first-order valence-corrected chi connectivity index (χ1v) is 5.61. The average molecular weight is 202 g/mol. The Bertz CT molecular complexity index is 536. The third-order valence-electron chi connectivity index (χ3n) is 3.03. The molecule has 0 radical (unpaired) electrons. The van der Waals surface area contributed by atoms with Crippen LogP contribution < -0.4 is 5.46 Å². The Hall–Kier alpha value is -1.94. The molecule has 16 heavy (non-hydrogen) atoms. The summed E-state index contributed by atoms with van der Waals surface area (Å²) < 4.78 is 0. The summed E-state index contributed by atoms with van der Waals surface area (Å²) in [6.45, 7) is 0. The van der Waals surface area contributed by atoms with Crippen LogP contribution in [-0.2, 0) is 6.32 Å². The summed E-state index contributed by atoms with van der Waals surface area (Å²) in [4.78, 5) is 0. The van der Waals surface area contributed by atoms with Crippen LogP contribution in [0.25, 0.3) is 0 Å². The fraction of sp³-hybridized carbons (Fsp3) is 0.0667. The van der Waals surface area contributed by atoms with Crippen molar-refractivity contribution in [2.24, 2.45) is 0 Å². The van der Waals surface area contributed by atoms with Gasteiger partial charge in [-0.2, -0.15) is 0 Å². The monoisotopic (exact) mass is 202 g/mol. The molecule has 1 aliphatic heterocycles. The van der Waals surface area contributed by atoms with Gasteiger partial charge in [0.1, 0.15) is 0 Å². The topological polar surface area (TPSA) is 0 Å². The Kier molecular flexibility index (Phi) is 2.27. The lowest BCUT2D eigenvalue weighted by atomic mass is 9.62. The lowest BCUT2D eigenvalue weighted by Gasteiger charge is -2.08. The van der Waals surface area contributed by atoms with Gasteiger partial charge < -0.3 is 0 Å². The molecular weight excluding hydrogens is 191 g/mol.